The predicted molar refractivity (Wildman–Crippen MR) is 127 cm³/mol. The fraction of sp³-hybridized carbons (Fsp3) is 0.364. The topological polar surface area (TPSA) is 101 Å². The molecule has 1 saturated heterocycles. The van der Waals surface area contributed by atoms with Gasteiger partial charge in [-0.05, 0) is 57.0 Å². The molecule has 0 bridgehead atoms. The van der Waals surface area contributed by atoms with Gasteiger partial charge in [0.2, 0.25) is 15.9 Å². The number of nitrogens with one attached hydrogen (secondary N) is 2. The Morgan fingerprint density at radius 1 is 1.22 bits per heavy atom. The van der Waals surface area contributed by atoms with E-state index in [9.17, 15) is 13.2 Å². The molecule has 8 nitrogen and oxygen atoms in total. The first kappa shape index (κ1) is 22.5. The highest BCUT2D eigenvalue weighted by atomic mass is 32.2. The van der Waals surface area contributed by atoms with Crippen molar-refractivity contribution in [2.45, 2.75) is 37.6 Å². The average molecular weight is 475 g/mol. The second-order valence-corrected chi connectivity index (χ2v) is 10.5. The number of anilines is 2. The van der Waals surface area contributed by atoms with Crippen molar-refractivity contribution in [1.82, 2.24) is 9.29 Å². The van der Waals surface area contributed by atoms with Crippen molar-refractivity contribution in [1.29, 1.82) is 0 Å². The highest BCUT2D eigenvalue weighted by Crippen LogP contribution is 2.32. The van der Waals surface area contributed by atoms with Crippen molar-refractivity contribution in [3.63, 3.8) is 0 Å². The largest absolute Gasteiger partial charge is 0.492 e. The number of rotatable bonds is 8. The summed E-state index contributed by atoms with van der Waals surface area (Å²) in [6, 6.07) is 11.9. The minimum absolute atomic E-state index is 0.0748. The first-order valence-corrected chi connectivity index (χ1v) is 12.8. The number of aromatic nitrogens is 1. The van der Waals surface area contributed by atoms with Crippen molar-refractivity contribution in [2.24, 2.45) is 0 Å². The summed E-state index contributed by atoms with van der Waals surface area (Å²) in [4.78, 5) is 17.3. The SMILES string of the molecule is CCOc1ccc(NC(=O)C(C)Nc2nc3ccccc3s2)cc1S(=O)(=O)N1CCCC1. The van der Waals surface area contributed by atoms with Crippen LogP contribution in [-0.4, -0.2) is 49.4 Å². The molecule has 2 N–H and O–H groups in total. The van der Waals surface area contributed by atoms with Crippen LogP contribution in [0.1, 0.15) is 26.7 Å². The summed E-state index contributed by atoms with van der Waals surface area (Å²) in [6.07, 6.45) is 1.68. The highest BCUT2D eigenvalue weighted by Gasteiger charge is 2.30. The van der Waals surface area contributed by atoms with E-state index in [2.05, 4.69) is 15.6 Å². The van der Waals surface area contributed by atoms with Crippen molar-refractivity contribution in [3.8, 4) is 5.75 Å². The number of ether oxygens (including phenoxy) is 1. The molecular weight excluding hydrogens is 448 g/mol. The van der Waals surface area contributed by atoms with E-state index in [-0.39, 0.29) is 16.6 Å². The van der Waals surface area contributed by atoms with Gasteiger partial charge in [-0.2, -0.15) is 4.31 Å². The summed E-state index contributed by atoms with van der Waals surface area (Å²) in [5, 5.41) is 6.57. The van der Waals surface area contributed by atoms with Gasteiger partial charge in [-0.1, -0.05) is 23.5 Å². The molecule has 1 aliphatic heterocycles. The fourth-order valence-electron chi connectivity index (χ4n) is 3.56. The minimum Gasteiger partial charge on any atom is -0.492 e. The van der Waals surface area contributed by atoms with Gasteiger partial charge in [0, 0.05) is 18.8 Å². The third-order valence-electron chi connectivity index (χ3n) is 5.22. The van der Waals surface area contributed by atoms with Crippen LogP contribution in [-0.2, 0) is 14.8 Å². The molecule has 32 heavy (non-hydrogen) atoms. The number of sulfonamides is 1. The number of thiazole rings is 1. The van der Waals surface area contributed by atoms with E-state index in [0.29, 0.717) is 30.5 Å². The lowest BCUT2D eigenvalue weighted by atomic mass is 10.2. The summed E-state index contributed by atoms with van der Waals surface area (Å²) in [7, 11) is -3.70. The third kappa shape index (κ3) is 4.72. The summed E-state index contributed by atoms with van der Waals surface area (Å²) in [5.41, 5.74) is 1.27. The first-order chi connectivity index (χ1) is 15.4. The summed E-state index contributed by atoms with van der Waals surface area (Å²) < 4.78 is 34.3. The van der Waals surface area contributed by atoms with E-state index in [1.807, 2.05) is 24.3 Å². The molecule has 0 saturated carbocycles. The highest BCUT2D eigenvalue weighted by molar-refractivity contribution is 7.89. The van der Waals surface area contributed by atoms with E-state index < -0.39 is 16.1 Å². The van der Waals surface area contributed by atoms with Gasteiger partial charge in [-0.25, -0.2) is 13.4 Å². The Morgan fingerprint density at radius 2 is 1.97 bits per heavy atom. The van der Waals surface area contributed by atoms with Crippen LogP contribution in [0, 0.1) is 0 Å². The number of hydrogen-bond donors (Lipinski definition) is 2. The van der Waals surface area contributed by atoms with E-state index in [0.717, 1.165) is 23.1 Å². The summed E-state index contributed by atoms with van der Waals surface area (Å²) in [6.45, 7) is 4.87. The molecule has 4 rings (SSSR count). The molecule has 1 fully saturated rings. The van der Waals surface area contributed by atoms with Crippen LogP contribution in [0.2, 0.25) is 0 Å². The standard InChI is InChI=1S/C22H26N4O4S2/c1-3-30-18-11-10-16(14-20(18)32(28,29)26-12-6-7-13-26)24-21(27)15(2)23-22-25-17-8-4-5-9-19(17)31-22/h4-5,8-11,14-15H,3,6-7,12-13H2,1-2H3,(H,23,25)(H,24,27). The molecule has 1 amide bonds. The van der Waals surface area contributed by atoms with Gasteiger partial charge in [0.1, 0.15) is 16.7 Å². The fourth-order valence-corrected chi connectivity index (χ4v) is 6.19. The number of benzene rings is 2. The number of para-hydroxylation sites is 1. The van der Waals surface area contributed by atoms with E-state index >= 15 is 0 Å². The Bertz CT molecular complexity index is 1190. The van der Waals surface area contributed by atoms with Crippen LogP contribution in [0.15, 0.2) is 47.4 Å². The van der Waals surface area contributed by atoms with Gasteiger partial charge in [0.05, 0.1) is 16.8 Å². The molecule has 1 unspecified atom stereocenters. The van der Waals surface area contributed by atoms with Crippen molar-refractivity contribution >= 4 is 48.3 Å². The Morgan fingerprint density at radius 3 is 2.69 bits per heavy atom. The van der Waals surface area contributed by atoms with Gasteiger partial charge >= 0.3 is 0 Å². The summed E-state index contributed by atoms with van der Waals surface area (Å²) in [5.74, 6) is -0.00372. The zero-order valence-electron chi connectivity index (χ0n) is 18.0. The number of carbonyl (C=O) groups excluding carboxylic acids is 1. The Balaban J connectivity index is 1.52. The van der Waals surface area contributed by atoms with Gasteiger partial charge in [-0.15, -0.1) is 0 Å². The maximum atomic E-state index is 13.1. The zero-order valence-corrected chi connectivity index (χ0v) is 19.6. The lowest BCUT2D eigenvalue weighted by molar-refractivity contribution is -0.116. The molecule has 10 heteroatoms. The second-order valence-electron chi connectivity index (χ2n) is 7.55. The molecule has 1 aliphatic rings. The first-order valence-electron chi connectivity index (χ1n) is 10.6. The summed E-state index contributed by atoms with van der Waals surface area (Å²) >= 11 is 1.47. The van der Waals surface area contributed by atoms with E-state index in [1.54, 1.807) is 26.0 Å². The van der Waals surface area contributed by atoms with Crippen LogP contribution < -0.4 is 15.4 Å². The van der Waals surface area contributed by atoms with Crippen LogP contribution in [0.25, 0.3) is 10.2 Å². The molecule has 170 valence electrons. The zero-order chi connectivity index (χ0) is 22.7. The Hall–Kier alpha value is -2.69. The quantitative estimate of drug-likeness (QED) is 0.513. The van der Waals surface area contributed by atoms with Crippen molar-refractivity contribution in [2.75, 3.05) is 30.3 Å². The molecule has 2 heterocycles. The molecule has 1 atom stereocenters. The number of nitrogens with zero attached hydrogens (tertiary/aromatic N) is 2. The van der Waals surface area contributed by atoms with Gasteiger partial charge in [0.15, 0.2) is 5.13 Å². The maximum Gasteiger partial charge on any atom is 0.246 e. The Labute approximate surface area is 191 Å². The maximum absolute atomic E-state index is 13.1. The monoisotopic (exact) mass is 474 g/mol. The van der Waals surface area contributed by atoms with Crippen LogP contribution in [0.3, 0.4) is 0 Å². The smallest absolute Gasteiger partial charge is 0.246 e. The minimum atomic E-state index is -3.70. The lowest BCUT2D eigenvalue weighted by Crippen LogP contribution is -2.32. The van der Waals surface area contributed by atoms with Crippen LogP contribution in [0.5, 0.6) is 5.75 Å². The third-order valence-corrected chi connectivity index (χ3v) is 8.11. The number of carbonyl (C=O) groups is 1. The number of amides is 1. The van der Waals surface area contributed by atoms with Crippen LogP contribution >= 0.6 is 11.3 Å². The molecule has 1 aromatic heterocycles. The lowest BCUT2D eigenvalue weighted by Gasteiger charge is -2.19. The Kier molecular flexibility index (Phi) is 6.63. The van der Waals surface area contributed by atoms with Gasteiger partial charge < -0.3 is 15.4 Å². The van der Waals surface area contributed by atoms with Crippen LogP contribution in [0.4, 0.5) is 10.8 Å². The molecule has 3 aromatic rings. The molecule has 2 aromatic carbocycles. The second kappa shape index (κ2) is 9.43. The number of hydrogen-bond acceptors (Lipinski definition) is 7. The number of fused-ring (bicyclic) bond motifs is 1. The van der Waals surface area contributed by atoms with Gasteiger partial charge in [-0.3, -0.25) is 4.79 Å². The molecule has 0 radical (unpaired) electrons. The predicted octanol–water partition coefficient (Wildman–Crippen LogP) is 3.92. The normalized spacial score (nSPS) is 15.6. The molecule has 0 aliphatic carbocycles. The van der Waals surface area contributed by atoms with Crippen molar-refractivity contribution < 1.29 is 17.9 Å². The van der Waals surface area contributed by atoms with Crippen molar-refractivity contribution in [3.05, 3.63) is 42.5 Å². The van der Waals surface area contributed by atoms with Gasteiger partial charge in [0.25, 0.3) is 0 Å². The average Bonchev–Trinajstić information content (AvgIpc) is 3.45. The molecule has 0 spiro atoms. The molecular formula is C22H26N4O4S2. The van der Waals surface area contributed by atoms with E-state index in [4.69, 9.17) is 4.74 Å². The van der Waals surface area contributed by atoms with E-state index in [1.165, 1.54) is 21.7 Å².